The average molecular weight is 301 g/mol. The van der Waals surface area contributed by atoms with Crippen LogP contribution < -0.4 is 5.32 Å². The fraction of sp³-hybridized carbons (Fsp3) is 0.357. The van der Waals surface area contributed by atoms with E-state index in [1.807, 2.05) is 30.3 Å². The second-order valence-corrected chi connectivity index (χ2v) is 6.46. The van der Waals surface area contributed by atoms with E-state index in [4.69, 9.17) is 4.74 Å². The quantitative estimate of drug-likeness (QED) is 0.795. The van der Waals surface area contributed by atoms with Gasteiger partial charge in [0.2, 0.25) is 4.96 Å². The Labute approximate surface area is 125 Å². The number of hydrogen-bond acceptors (Lipinski definition) is 6. The summed E-state index contributed by atoms with van der Waals surface area (Å²) in [5.74, 6) is 0.768. The molecule has 3 heterocycles. The molecule has 3 aromatic rings. The SMILES string of the molecule is CC1(OCc2nn3c(-c4ccccc4)nnc3s2)CNC1. The number of fused-ring (bicyclic) bond motifs is 1. The van der Waals surface area contributed by atoms with Gasteiger partial charge < -0.3 is 10.1 Å². The molecule has 21 heavy (non-hydrogen) atoms. The van der Waals surface area contributed by atoms with E-state index in [1.165, 1.54) is 11.3 Å². The molecule has 0 radical (unpaired) electrons. The lowest BCUT2D eigenvalue weighted by atomic mass is 10.0. The summed E-state index contributed by atoms with van der Waals surface area (Å²) in [5.41, 5.74) is 0.951. The highest BCUT2D eigenvalue weighted by atomic mass is 32.1. The Morgan fingerprint density at radius 1 is 1.29 bits per heavy atom. The van der Waals surface area contributed by atoms with Gasteiger partial charge in [0, 0.05) is 18.7 Å². The number of nitrogens with one attached hydrogen (secondary N) is 1. The minimum absolute atomic E-state index is 0.0612. The summed E-state index contributed by atoms with van der Waals surface area (Å²) in [6, 6.07) is 9.96. The minimum atomic E-state index is -0.0612. The molecular formula is C14H15N5OS. The zero-order chi connectivity index (χ0) is 14.3. The van der Waals surface area contributed by atoms with Gasteiger partial charge in [-0.3, -0.25) is 0 Å². The highest BCUT2D eigenvalue weighted by Crippen LogP contribution is 2.23. The van der Waals surface area contributed by atoms with Crippen LogP contribution in [0.3, 0.4) is 0 Å². The van der Waals surface area contributed by atoms with Crippen LogP contribution >= 0.6 is 11.3 Å². The van der Waals surface area contributed by atoms with Crippen LogP contribution in [0.15, 0.2) is 30.3 Å². The van der Waals surface area contributed by atoms with Crippen molar-refractivity contribution in [3.8, 4) is 11.4 Å². The maximum Gasteiger partial charge on any atom is 0.235 e. The monoisotopic (exact) mass is 301 g/mol. The van der Waals surface area contributed by atoms with Crippen molar-refractivity contribution < 1.29 is 4.74 Å². The van der Waals surface area contributed by atoms with Gasteiger partial charge in [0.15, 0.2) is 5.82 Å². The summed E-state index contributed by atoms with van der Waals surface area (Å²) in [5, 5.41) is 17.1. The molecule has 108 valence electrons. The van der Waals surface area contributed by atoms with Crippen molar-refractivity contribution >= 4 is 16.3 Å². The highest BCUT2D eigenvalue weighted by molar-refractivity contribution is 7.16. The summed E-state index contributed by atoms with van der Waals surface area (Å²) in [6.45, 7) is 4.41. The molecule has 0 amide bonds. The molecule has 6 nitrogen and oxygen atoms in total. The fourth-order valence-electron chi connectivity index (χ4n) is 2.30. The largest absolute Gasteiger partial charge is 0.365 e. The Kier molecular flexibility index (Phi) is 2.99. The van der Waals surface area contributed by atoms with E-state index in [2.05, 4.69) is 27.5 Å². The van der Waals surface area contributed by atoms with E-state index in [-0.39, 0.29) is 5.60 Å². The first-order valence-electron chi connectivity index (χ1n) is 6.85. The van der Waals surface area contributed by atoms with Gasteiger partial charge in [0.25, 0.3) is 0 Å². The highest BCUT2D eigenvalue weighted by Gasteiger charge is 2.32. The number of hydrogen-bond donors (Lipinski definition) is 1. The first-order chi connectivity index (χ1) is 10.2. The smallest absolute Gasteiger partial charge is 0.235 e. The molecule has 1 aliphatic rings. The number of nitrogens with zero attached hydrogens (tertiary/aromatic N) is 4. The predicted octanol–water partition coefficient (Wildman–Crippen LogP) is 1.73. The van der Waals surface area contributed by atoms with Crippen LogP contribution in [0.5, 0.6) is 0 Å². The second kappa shape index (κ2) is 4.87. The Bertz CT molecular complexity index is 762. The molecule has 0 saturated carbocycles. The Morgan fingerprint density at radius 2 is 2.10 bits per heavy atom. The standard InChI is InChI=1S/C14H15N5OS/c1-14(8-15-9-14)20-7-11-18-19-12(16-17-13(19)21-11)10-5-3-2-4-6-10/h2-6,15H,7-9H2,1H3. The lowest BCUT2D eigenvalue weighted by molar-refractivity contribution is -0.0769. The third-order valence-corrected chi connectivity index (χ3v) is 4.48. The summed E-state index contributed by atoms with van der Waals surface area (Å²) in [4.78, 5) is 0.796. The van der Waals surface area contributed by atoms with E-state index in [0.717, 1.165) is 34.4 Å². The van der Waals surface area contributed by atoms with Gasteiger partial charge in [-0.15, -0.1) is 10.2 Å². The van der Waals surface area contributed by atoms with E-state index in [1.54, 1.807) is 4.52 Å². The van der Waals surface area contributed by atoms with Crippen molar-refractivity contribution in [2.45, 2.75) is 19.1 Å². The maximum atomic E-state index is 5.92. The normalized spacial score (nSPS) is 17.0. The van der Waals surface area contributed by atoms with Gasteiger partial charge in [0.05, 0.1) is 5.60 Å². The first-order valence-corrected chi connectivity index (χ1v) is 7.66. The van der Waals surface area contributed by atoms with Crippen molar-refractivity contribution in [2.24, 2.45) is 0 Å². The summed E-state index contributed by atoms with van der Waals surface area (Å²) in [6.07, 6.45) is 0. The molecule has 0 bridgehead atoms. The van der Waals surface area contributed by atoms with Crippen LogP contribution in [-0.4, -0.2) is 38.5 Å². The van der Waals surface area contributed by atoms with E-state index >= 15 is 0 Å². The molecule has 7 heteroatoms. The van der Waals surface area contributed by atoms with Crippen LogP contribution in [0.2, 0.25) is 0 Å². The van der Waals surface area contributed by atoms with Crippen molar-refractivity contribution in [3.63, 3.8) is 0 Å². The molecule has 1 aliphatic heterocycles. The molecule has 0 atom stereocenters. The number of rotatable bonds is 4. The fourth-order valence-corrected chi connectivity index (χ4v) is 3.04. The second-order valence-electron chi connectivity index (χ2n) is 5.42. The zero-order valence-corrected chi connectivity index (χ0v) is 12.4. The molecule has 0 aliphatic carbocycles. The van der Waals surface area contributed by atoms with Crippen LogP contribution in [0, 0.1) is 0 Å². The summed E-state index contributed by atoms with van der Waals surface area (Å²) >= 11 is 1.52. The van der Waals surface area contributed by atoms with E-state index in [9.17, 15) is 0 Å². The molecule has 1 fully saturated rings. The molecule has 1 aromatic carbocycles. The molecule has 1 N–H and O–H groups in total. The minimum Gasteiger partial charge on any atom is -0.365 e. The molecule has 0 spiro atoms. The average Bonchev–Trinajstić information content (AvgIpc) is 3.03. The van der Waals surface area contributed by atoms with Crippen molar-refractivity contribution in [3.05, 3.63) is 35.3 Å². The van der Waals surface area contributed by atoms with Gasteiger partial charge in [-0.05, 0) is 6.92 Å². The van der Waals surface area contributed by atoms with Gasteiger partial charge in [-0.1, -0.05) is 41.7 Å². The molecule has 4 rings (SSSR count). The summed E-state index contributed by atoms with van der Waals surface area (Å²) < 4.78 is 7.71. The Balaban J connectivity index is 1.60. The maximum absolute atomic E-state index is 5.92. The van der Waals surface area contributed by atoms with Gasteiger partial charge >= 0.3 is 0 Å². The molecule has 1 saturated heterocycles. The van der Waals surface area contributed by atoms with Crippen molar-refractivity contribution in [1.29, 1.82) is 0 Å². The number of benzene rings is 1. The van der Waals surface area contributed by atoms with Gasteiger partial charge in [-0.25, -0.2) is 0 Å². The predicted molar refractivity (Wildman–Crippen MR) is 80.2 cm³/mol. The Morgan fingerprint density at radius 3 is 2.81 bits per heavy atom. The number of aromatic nitrogens is 4. The van der Waals surface area contributed by atoms with Crippen LogP contribution in [-0.2, 0) is 11.3 Å². The van der Waals surface area contributed by atoms with E-state index < -0.39 is 0 Å². The van der Waals surface area contributed by atoms with Gasteiger partial charge in [0.1, 0.15) is 11.6 Å². The third kappa shape index (κ3) is 2.33. The molecular weight excluding hydrogens is 286 g/mol. The number of ether oxygens (including phenoxy) is 1. The van der Waals surface area contributed by atoms with Crippen LogP contribution in [0.4, 0.5) is 0 Å². The van der Waals surface area contributed by atoms with Crippen molar-refractivity contribution in [2.75, 3.05) is 13.1 Å². The van der Waals surface area contributed by atoms with Crippen LogP contribution in [0.25, 0.3) is 16.3 Å². The topological polar surface area (TPSA) is 64.3 Å². The summed E-state index contributed by atoms with van der Waals surface area (Å²) in [7, 11) is 0. The van der Waals surface area contributed by atoms with E-state index in [0.29, 0.717) is 6.61 Å². The molecule has 0 unspecified atom stereocenters. The molecule has 2 aromatic heterocycles. The van der Waals surface area contributed by atoms with Crippen molar-refractivity contribution in [1.82, 2.24) is 25.1 Å². The zero-order valence-electron chi connectivity index (χ0n) is 11.6. The lowest BCUT2D eigenvalue weighted by Gasteiger charge is -2.38. The Hall–Kier alpha value is -1.83. The first kappa shape index (κ1) is 12.9. The van der Waals surface area contributed by atoms with Crippen LogP contribution in [0.1, 0.15) is 11.9 Å². The lowest BCUT2D eigenvalue weighted by Crippen LogP contribution is -2.58. The van der Waals surface area contributed by atoms with Gasteiger partial charge in [-0.2, -0.15) is 9.61 Å². The third-order valence-electron chi connectivity index (χ3n) is 3.61.